The molecule has 0 radical (unpaired) electrons. The highest BCUT2D eigenvalue weighted by atomic mass is 79.9. The third-order valence-corrected chi connectivity index (χ3v) is 2.82. The van der Waals surface area contributed by atoms with E-state index in [1.165, 1.54) is 6.07 Å². The van der Waals surface area contributed by atoms with Gasteiger partial charge in [-0.15, -0.1) is 0 Å². The van der Waals surface area contributed by atoms with Crippen LogP contribution >= 0.6 is 15.9 Å². The van der Waals surface area contributed by atoms with E-state index in [1.807, 2.05) is 6.92 Å². The van der Waals surface area contributed by atoms with Crippen LogP contribution in [-0.2, 0) is 4.79 Å². The Kier molecular flexibility index (Phi) is 3.95. The van der Waals surface area contributed by atoms with Crippen LogP contribution in [-0.4, -0.2) is 15.8 Å². The number of phenolic OH excluding ortho intramolecular Hbond substituents is 1. The first kappa shape index (κ1) is 11.0. The summed E-state index contributed by atoms with van der Waals surface area (Å²) in [6.07, 6.45) is 0.727. The predicted octanol–water partition coefficient (Wildman–Crippen LogP) is 2.50. The zero-order valence-electron chi connectivity index (χ0n) is 7.83. The minimum Gasteiger partial charge on any atom is -0.508 e. The van der Waals surface area contributed by atoms with E-state index in [2.05, 4.69) is 21.2 Å². The quantitative estimate of drug-likeness (QED) is 0.818. The second-order valence-corrected chi connectivity index (χ2v) is 4.02. The average molecular weight is 258 g/mol. The molecule has 1 atom stereocenters. The molecule has 4 heteroatoms. The van der Waals surface area contributed by atoms with Gasteiger partial charge in [0, 0.05) is 11.8 Å². The molecule has 2 N–H and O–H groups in total. The molecule has 1 aromatic rings. The van der Waals surface area contributed by atoms with Crippen LogP contribution in [0.3, 0.4) is 0 Å². The Morgan fingerprint density at radius 3 is 2.93 bits per heavy atom. The Morgan fingerprint density at radius 2 is 2.36 bits per heavy atom. The van der Waals surface area contributed by atoms with E-state index in [9.17, 15) is 4.79 Å². The molecular formula is C10H12BrNO2. The van der Waals surface area contributed by atoms with Crippen LogP contribution in [0.5, 0.6) is 5.75 Å². The number of phenols is 1. The number of hydrogen-bond acceptors (Lipinski definition) is 2. The molecule has 1 unspecified atom stereocenters. The lowest BCUT2D eigenvalue weighted by Gasteiger charge is -2.08. The first-order valence-corrected chi connectivity index (χ1v) is 5.29. The number of alkyl halides is 1. The fourth-order valence-electron chi connectivity index (χ4n) is 0.990. The van der Waals surface area contributed by atoms with Crippen molar-refractivity contribution in [2.24, 2.45) is 0 Å². The average Bonchev–Trinajstić information content (AvgIpc) is 2.16. The van der Waals surface area contributed by atoms with E-state index >= 15 is 0 Å². The van der Waals surface area contributed by atoms with Crippen LogP contribution in [0.4, 0.5) is 5.69 Å². The fourth-order valence-corrected chi connectivity index (χ4v) is 1.10. The summed E-state index contributed by atoms with van der Waals surface area (Å²) in [4.78, 5) is 11.2. The van der Waals surface area contributed by atoms with E-state index < -0.39 is 0 Å². The van der Waals surface area contributed by atoms with Crippen LogP contribution in [0.25, 0.3) is 0 Å². The Balaban J connectivity index is 2.65. The van der Waals surface area contributed by atoms with Gasteiger partial charge in [-0.3, -0.25) is 4.79 Å². The van der Waals surface area contributed by atoms with Gasteiger partial charge >= 0.3 is 0 Å². The lowest BCUT2D eigenvalue weighted by molar-refractivity contribution is -0.115. The molecular weight excluding hydrogens is 246 g/mol. The molecule has 0 aliphatic heterocycles. The molecule has 0 heterocycles. The molecule has 1 amide bonds. The minimum atomic E-state index is -0.190. The molecule has 14 heavy (non-hydrogen) atoms. The molecule has 3 nitrogen and oxygen atoms in total. The van der Waals surface area contributed by atoms with Crippen molar-refractivity contribution >= 4 is 27.5 Å². The van der Waals surface area contributed by atoms with Crippen molar-refractivity contribution in [3.63, 3.8) is 0 Å². The SMILES string of the molecule is CCC(Br)C(=O)Nc1cccc(O)c1. The molecule has 0 spiro atoms. The Labute approximate surface area is 91.3 Å². The third kappa shape index (κ3) is 3.03. The molecule has 0 saturated carbocycles. The van der Waals surface area contributed by atoms with E-state index in [4.69, 9.17) is 5.11 Å². The van der Waals surface area contributed by atoms with Crippen LogP contribution in [0.15, 0.2) is 24.3 Å². The Morgan fingerprint density at radius 1 is 1.64 bits per heavy atom. The number of nitrogens with one attached hydrogen (secondary N) is 1. The lowest BCUT2D eigenvalue weighted by Crippen LogP contribution is -2.21. The van der Waals surface area contributed by atoms with Crippen LogP contribution in [0.2, 0.25) is 0 Å². The van der Waals surface area contributed by atoms with Crippen molar-refractivity contribution in [3.05, 3.63) is 24.3 Å². The summed E-state index contributed by atoms with van der Waals surface area (Å²) < 4.78 is 0. The van der Waals surface area contributed by atoms with Crippen molar-refractivity contribution in [2.45, 2.75) is 18.2 Å². The van der Waals surface area contributed by atoms with Gasteiger partial charge < -0.3 is 10.4 Å². The molecule has 0 saturated heterocycles. The van der Waals surface area contributed by atoms with Crippen molar-refractivity contribution in [1.29, 1.82) is 0 Å². The van der Waals surface area contributed by atoms with Gasteiger partial charge in [0.1, 0.15) is 5.75 Å². The molecule has 1 rings (SSSR count). The van der Waals surface area contributed by atoms with Crippen LogP contribution in [0, 0.1) is 0 Å². The van der Waals surface area contributed by atoms with Gasteiger partial charge in [0.25, 0.3) is 0 Å². The maximum absolute atomic E-state index is 11.4. The Hall–Kier alpha value is -1.03. The van der Waals surface area contributed by atoms with Crippen molar-refractivity contribution in [2.75, 3.05) is 5.32 Å². The van der Waals surface area contributed by atoms with E-state index in [-0.39, 0.29) is 16.5 Å². The molecule has 0 bridgehead atoms. The third-order valence-electron chi connectivity index (χ3n) is 1.76. The number of anilines is 1. The van der Waals surface area contributed by atoms with Crippen molar-refractivity contribution < 1.29 is 9.90 Å². The van der Waals surface area contributed by atoms with Gasteiger partial charge in [0.15, 0.2) is 0 Å². The van der Waals surface area contributed by atoms with Gasteiger partial charge in [-0.25, -0.2) is 0 Å². The largest absolute Gasteiger partial charge is 0.508 e. The smallest absolute Gasteiger partial charge is 0.238 e. The van der Waals surface area contributed by atoms with Crippen LogP contribution < -0.4 is 5.32 Å². The highest BCUT2D eigenvalue weighted by Gasteiger charge is 2.11. The standard InChI is InChI=1S/C10H12BrNO2/c1-2-9(11)10(14)12-7-4-3-5-8(13)6-7/h3-6,9,13H,2H2,1H3,(H,12,14). The van der Waals surface area contributed by atoms with Gasteiger partial charge in [0.05, 0.1) is 4.83 Å². The van der Waals surface area contributed by atoms with Gasteiger partial charge in [-0.2, -0.15) is 0 Å². The van der Waals surface area contributed by atoms with Crippen molar-refractivity contribution in [3.8, 4) is 5.75 Å². The van der Waals surface area contributed by atoms with Crippen molar-refractivity contribution in [1.82, 2.24) is 0 Å². The van der Waals surface area contributed by atoms with Gasteiger partial charge in [-0.05, 0) is 18.6 Å². The molecule has 0 aliphatic rings. The van der Waals surface area contributed by atoms with E-state index in [0.717, 1.165) is 6.42 Å². The van der Waals surface area contributed by atoms with E-state index in [0.29, 0.717) is 5.69 Å². The normalized spacial score (nSPS) is 12.1. The highest BCUT2D eigenvalue weighted by Crippen LogP contribution is 2.16. The lowest BCUT2D eigenvalue weighted by atomic mass is 10.2. The Bertz CT molecular complexity index is 328. The molecule has 0 aliphatic carbocycles. The number of carbonyl (C=O) groups is 1. The number of aromatic hydroxyl groups is 1. The number of hydrogen-bond donors (Lipinski definition) is 2. The predicted molar refractivity (Wildman–Crippen MR) is 59.7 cm³/mol. The summed E-state index contributed by atoms with van der Waals surface area (Å²) >= 11 is 3.24. The molecule has 1 aromatic carbocycles. The summed E-state index contributed by atoms with van der Waals surface area (Å²) in [5, 5.41) is 11.8. The second kappa shape index (κ2) is 5.00. The first-order chi connectivity index (χ1) is 6.63. The highest BCUT2D eigenvalue weighted by molar-refractivity contribution is 9.10. The zero-order chi connectivity index (χ0) is 10.6. The number of carbonyl (C=O) groups excluding carboxylic acids is 1. The minimum absolute atomic E-state index is 0.0990. The summed E-state index contributed by atoms with van der Waals surface area (Å²) in [5.74, 6) is 0.0449. The summed E-state index contributed by atoms with van der Waals surface area (Å²) in [6.45, 7) is 1.92. The fraction of sp³-hybridized carbons (Fsp3) is 0.300. The van der Waals surface area contributed by atoms with Gasteiger partial charge in [-0.1, -0.05) is 28.9 Å². The summed E-state index contributed by atoms with van der Waals surface area (Å²) in [5.41, 5.74) is 0.605. The molecule has 0 aromatic heterocycles. The second-order valence-electron chi connectivity index (χ2n) is 2.92. The maximum atomic E-state index is 11.4. The molecule has 0 fully saturated rings. The number of rotatable bonds is 3. The van der Waals surface area contributed by atoms with Crippen LogP contribution in [0.1, 0.15) is 13.3 Å². The maximum Gasteiger partial charge on any atom is 0.238 e. The number of halogens is 1. The topological polar surface area (TPSA) is 49.3 Å². The van der Waals surface area contributed by atoms with Gasteiger partial charge in [0.2, 0.25) is 5.91 Å². The zero-order valence-corrected chi connectivity index (χ0v) is 9.41. The monoisotopic (exact) mass is 257 g/mol. The molecule has 76 valence electrons. The number of benzene rings is 1. The first-order valence-electron chi connectivity index (χ1n) is 4.37. The summed E-state index contributed by atoms with van der Waals surface area (Å²) in [7, 11) is 0. The summed E-state index contributed by atoms with van der Waals surface area (Å²) in [6, 6.07) is 6.47. The number of amides is 1. The van der Waals surface area contributed by atoms with E-state index in [1.54, 1.807) is 18.2 Å².